The van der Waals surface area contributed by atoms with Gasteiger partial charge in [-0.1, -0.05) is 23.7 Å². The van der Waals surface area contributed by atoms with E-state index in [2.05, 4.69) is 15.8 Å². The molecule has 1 aromatic heterocycles. The number of carbonyl (C=O) groups is 1. The van der Waals surface area contributed by atoms with Gasteiger partial charge in [-0.2, -0.15) is 0 Å². The number of hydrogen-bond acceptors (Lipinski definition) is 4. The molecule has 2 N–H and O–H groups in total. The van der Waals surface area contributed by atoms with E-state index in [4.69, 9.17) is 11.6 Å². The summed E-state index contributed by atoms with van der Waals surface area (Å²) in [6, 6.07) is 8.70. The smallest absolute Gasteiger partial charge is 0.281 e. The van der Waals surface area contributed by atoms with Gasteiger partial charge in [-0.15, -0.1) is 11.3 Å². The number of carbonyl (C=O) groups excluding carboxylic acids is 1. The molecule has 0 aliphatic rings. The van der Waals surface area contributed by atoms with E-state index in [-0.39, 0.29) is 0 Å². The number of hydrogen-bond donors (Lipinski definition) is 2. The van der Waals surface area contributed by atoms with Crippen molar-refractivity contribution in [3.8, 4) is 10.6 Å². The Morgan fingerprint density at radius 1 is 1.08 bits per heavy atom. The molecule has 9 heteroatoms. The largest absolute Gasteiger partial charge is 0.295 e. The lowest BCUT2D eigenvalue weighted by molar-refractivity contribution is 0.0965. The van der Waals surface area contributed by atoms with Crippen molar-refractivity contribution >= 4 is 34.5 Å². The first-order chi connectivity index (χ1) is 12.4. The van der Waals surface area contributed by atoms with Crippen LogP contribution < -0.4 is 10.9 Å². The highest BCUT2D eigenvalue weighted by Crippen LogP contribution is 2.29. The van der Waals surface area contributed by atoms with Gasteiger partial charge in [-0.05, 0) is 31.2 Å². The van der Waals surface area contributed by atoms with Crippen LogP contribution in [0.2, 0.25) is 5.02 Å². The molecule has 3 aromatic rings. The molecule has 0 spiro atoms. The third-order valence-corrected chi connectivity index (χ3v) is 4.90. The normalized spacial score (nSPS) is 10.7. The number of hydrazine groups is 1. The number of rotatable bonds is 4. The Labute approximate surface area is 155 Å². The van der Waals surface area contributed by atoms with Gasteiger partial charge in [0.05, 0.1) is 11.4 Å². The van der Waals surface area contributed by atoms with Crippen LogP contribution in [0.15, 0.2) is 36.4 Å². The summed E-state index contributed by atoms with van der Waals surface area (Å²) in [4.78, 5) is 16.9. The number of aryl methyl sites for hydroxylation is 1. The van der Waals surface area contributed by atoms with Gasteiger partial charge in [0.25, 0.3) is 5.91 Å². The zero-order valence-corrected chi connectivity index (χ0v) is 14.8. The minimum atomic E-state index is -1.62. The molecule has 1 amide bonds. The van der Waals surface area contributed by atoms with E-state index >= 15 is 0 Å². The van der Waals surface area contributed by atoms with Crippen LogP contribution in [0.1, 0.15) is 15.4 Å². The highest BCUT2D eigenvalue weighted by Gasteiger charge is 2.18. The highest BCUT2D eigenvalue weighted by molar-refractivity contribution is 7.17. The van der Waals surface area contributed by atoms with E-state index in [9.17, 15) is 18.0 Å². The Kier molecular flexibility index (Phi) is 5.15. The van der Waals surface area contributed by atoms with Crippen LogP contribution >= 0.6 is 22.9 Å². The first-order valence-corrected chi connectivity index (χ1v) is 8.49. The fourth-order valence-corrected chi connectivity index (χ4v) is 3.22. The number of anilines is 1. The molecule has 0 unspecified atom stereocenters. The molecule has 0 saturated carbocycles. The number of amides is 1. The van der Waals surface area contributed by atoms with Crippen LogP contribution in [-0.2, 0) is 0 Å². The molecule has 4 nitrogen and oxygen atoms in total. The van der Waals surface area contributed by atoms with E-state index < -0.39 is 29.0 Å². The molecular formula is C17H11ClF3N3OS. The molecule has 1 heterocycles. The van der Waals surface area contributed by atoms with E-state index in [1.807, 2.05) is 0 Å². The molecule has 0 aliphatic heterocycles. The van der Waals surface area contributed by atoms with E-state index in [0.717, 1.165) is 29.0 Å². The number of nitrogens with one attached hydrogen (secondary N) is 2. The standard InChI is InChI=1S/C17H11ClF3N3OS/c1-8-15(26-17(22-8)9-2-4-10(18)5-3-9)16(25)24-23-12-7-6-11(19)13(20)14(12)21/h2-7,23H,1H3,(H,24,25). The van der Waals surface area contributed by atoms with Crippen molar-refractivity contribution in [2.75, 3.05) is 5.43 Å². The molecule has 0 atom stereocenters. The number of halogens is 4. The van der Waals surface area contributed by atoms with Crippen LogP contribution in [0.3, 0.4) is 0 Å². The lowest BCUT2D eigenvalue weighted by Gasteiger charge is -2.09. The van der Waals surface area contributed by atoms with E-state index in [1.54, 1.807) is 31.2 Å². The van der Waals surface area contributed by atoms with E-state index in [1.165, 1.54) is 0 Å². The molecular weight excluding hydrogens is 387 g/mol. The van der Waals surface area contributed by atoms with Crippen LogP contribution in [-0.4, -0.2) is 10.9 Å². The van der Waals surface area contributed by atoms with Crippen molar-refractivity contribution in [1.82, 2.24) is 10.4 Å². The molecule has 0 radical (unpaired) electrons. The van der Waals surface area contributed by atoms with Crippen LogP contribution in [0.25, 0.3) is 10.6 Å². The first-order valence-electron chi connectivity index (χ1n) is 7.30. The zero-order valence-electron chi connectivity index (χ0n) is 13.2. The lowest BCUT2D eigenvalue weighted by atomic mass is 10.2. The summed E-state index contributed by atoms with van der Waals surface area (Å²) in [5.41, 5.74) is 5.37. The average molecular weight is 398 g/mol. The summed E-state index contributed by atoms with van der Waals surface area (Å²) >= 11 is 6.99. The fraction of sp³-hybridized carbons (Fsp3) is 0.0588. The molecule has 2 aromatic carbocycles. The number of thiazole rings is 1. The Hall–Kier alpha value is -2.58. The monoisotopic (exact) mass is 397 g/mol. The second-order valence-corrected chi connectivity index (χ2v) is 6.68. The van der Waals surface area contributed by atoms with Gasteiger partial charge in [-0.25, -0.2) is 18.2 Å². The van der Waals surface area contributed by atoms with Gasteiger partial charge in [0, 0.05) is 10.6 Å². The average Bonchev–Trinajstić information content (AvgIpc) is 3.01. The van der Waals surface area contributed by atoms with Crippen molar-refractivity contribution in [2.45, 2.75) is 6.92 Å². The summed E-state index contributed by atoms with van der Waals surface area (Å²) in [6.07, 6.45) is 0. The van der Waals surface area contributed by atoms with Gasteiger partial charge in [0.2, 0.25) is 0 Å². The maximum absolute atomic E-state index is 13.6. The Balaban J connectivity index is 1.76. The maximum Gasteiger partial charge on any atom is 0.281 e. The molecule has 26 heavy (non-hydrogen) atoms. The Morgan fingerprint density at radius 3 is 2.46 bits per heavy atom. The predicted octanol–water partition coefficient (Wildman–Crippen LogP) is 4.95. The fourth-order valence-electron chi connectivity index (χ4n) is 2.13. The molecule has 134 valence electrons. The summed E-state index contributed by atoms with van der Waals surface area (Å²) in [7, 11) is 0. The molecule has 0 fully saturated rings. The van der Waals surface area contributed by atoms with Crippen LogP contribution in [0.5, 0.6) is 0 Å². The second-order valence-electron chi connectivity index (χ2n) is 5.24. The number of nitrogens with zero attached hydrogens (tertiary/aromatic N) is 1. The SMILES string of the molecule is Cc1nc(-c2ccc(Cl)cc2)sc1C(=O)NNc1ccc(F)c(F)c1F. The molecule has 3 rings (SSSR count). The van der Waals surface area contributed by atoms with Gasteiger partial charge in [-0.3, -0.25) is 15.6 Å². The zero-order chi connectivity index (χ0) is 18.8. The van der Waals surface area contributed by atoms with Gasteiger partial charge in [0.15, 0.2) is 17.5 Å². The van der Waals surface area contributed by atoms with Crippen molar-refractivity contribution in [1.29, 1.82) is 0 Å². The summed E-state index contributed by atoms with van der Waals surface area (Å²) in [5.74, 6) is -4.94. The Bertz CT molecular complexity index is 976. The maximum atomic E-state index is 13.6. The third kappa shape index (κ3) is 3.66. The lowest BCUT2D eigenvalue weighted by Crippen LogP contribution is -2.29. The van der Waals surface area contributed by atoms with Gasteiger partial charge < -0.3 is 0 Å². The van der Waals surface area contributed by atoms with Crippen molar-refractivity contribution in [3.05, 3.63) is 69.4 Å². The Morgan fingerprint density at radius 2 is 1.77 bits per heavy atom. The number of aromatic nitrogens is 1. The highest BCUT2D eigenvalue weighted by atomic mass is 35.5. The summed E-state index contributed by atoms with van der Waals surface area (Å²) in [5, 5.41) is 1.20. The van der Waals surface area contributed by atoms with Gasteiger partial charge >= 0.3 is 0 Å². The third-order valence-electron chi connectivity index (χ3n) is 3.44. The van der Waals surface area contributed by atoms with Crippen molar-refractivity contribution < 1.29 is 18.0 Å². The van der Waals surface area contributed by atoms with Gasteiger partial charge in [0.1, 0.15) is 9.88 Å². The second kappa shape index (κ2) is 7.35. The van der Waals surface area contributed by atoms with Crippen LogP contribution in [0, 0.1) is 24.4 Å². The topological polar surface area (TPSA) is 54.0 Å². The van der Waals surface area contributed by atoms with E-state index in [0.29, 0.717) is 20.6 Å². The van der Waals surface area contributed by atoms with Crippen molar-refractivity contribution in [2.24, 2.45) is 0 Å². The summed E-state index contributed by atoms with van der Waals surface area (Å²) < 4.78 is 39.7. The summed E-state index contributed by atoms with van der Waals surface area (Å²) in [6.45, 7) is 1.66. The minimum Gasteiger partial charge on any atom is -0.295 e. The predicted molar refractivity (Wildman–Crippen MR) is 94.7 cm³/mol. The first kappa shape index (κ1) is 18.2. The molecule has 0 saturated heterocycles. The number of benzene rings is 2. The molecule has 0 aliphatic carbocycles. The van der Waals surface area contributed by atoms with Crippen molar-refractivity contribution in [3.63, 3.8) is 0 Å². The van der Waals surface area contributed by atoms with Crippen LogP contribution in [0.4, 0.5) is 18.9 Å². The molecule has 0 bridgehead atoms. The quantitative estimate of drug-likeness (QED) is 0.484. The minimum absolute atomic E-state index is 0.297.